The quantitative estimate of drug-likeness (QED) is 0.757. The van der Waals surface area contributed by atoms with Crippen LogP contribution in [0.2, 0.25) is 0 Å². The lowest BCUT2D eigenvalue weighted by atomic mass is 10.0. The lowest BCUT2D eigenvalue weighted by molar-refractivity contribution is -0.119. The largest absolute Gasteiger partial charge is 0.349 e. The Kier molecular flexibility index (Phi) is 4.21. The fourth-order valence-corrected chi connectivity index (χ4v) is 3.54. The Labute approximate surface area is 152 Å². The normalized spacial score (nSPS) is 16.7. The summed E-state index contributed by atoms with van der Waals surface area (Å²) in [5.74, 6) is 0.0684. The van der Waals surface area contributed by atoms with Crippen LogP contribution in [-0.2, 0) is 16.1 Å². The summed E-state index contributed by atoms with van der Waals surface area (Å²) in [7, 11) is 0. The van der Waals surface area contributed by atoms with Crippen LogP contribution >= 0.6 is 0 Å². The first-order chi connectivity index (χ1) is 12.6. The van der Waals surface area contributed by atoms with E-state index in [0.717, 1.165) is 35.1 Å². The van der Waals surface area contributed by atoms with Crippen LogP contribution < -0.4 is 10.6 Å². The van der Waals surface area contributed by atoms with E-state index in [0.29, 0.717) is 6.42 Å². The van der Waals surface area contributed by atoms with Gasteiger partial charge in [-0.1, -0.05) is 24.3 Å². The Bertz CT molecular complexity index is 973. The molecule has 26 heavy (non-hydrogen) atoms. The molecule has 132 valence electrons. The van der Waals surface area contributed by atoms with Gasteiger partial charge in [0.25, 0.3) is 0 Å². The van der Waals surface area contributed by atoms with Gasteiger partial charge in [-0.25, -0.2) is 0 Å². The number of aromatic nitrogens is 1. The van der Waals surface area contributed by atoms with Crippen molar-refractivity contribution >= 4 is 28.4 Å². The van der Waals surface area contributed by atoms with Crippen molar-refractivity contribution in [3.63, 3.8) is 0 Å². The van der Waals surface area contributed by atoms with E-state index >= 15 is 0 Å². The maximum Gasteiger partial charge on any atom is 0.221 e. The summed E-state index contributed by atoms with van der Waals surface area (Å²) < 4.78 is 2.19. The van der Waals surface area contributed by atoms with Crippen LogP contribution in [0.1, 0.15) is 36.9 Å². The molecule has 1 unspecified atom stereocenters. The van der Waals surface area contributed by atoms with Gasteiger partial charge in [0.1, 0.15) is 0 Å². The monoisotopic (exact) mass is 347 g/mol. The van der Waals surface area contributed by atoms with Crippen LogP contribution in [0, 0.1) is 0 Å². The highest BCUT2D eigenvalue weighted by atomic mass is 16.2. The molecule has 5 nitrogen and oxygen atoms in total. The van der Waals surface area contributed by atoms with Gasteiger partial charge in [0.05, 0.1) is 6.04 Å². The fourth-order valence-electron chi connectivity index (χ4n) is 3.54. The standard InChI is InChI=1S/C21H21N3O2/c1-14(25)22-18-6-8-20-17(12-18)10-11-24(20)13-15-2-4-16(5-3-15)19-7-9-21(26)23-19/h2-6,8,10-12,19H,7,9,13H2,1H3,(H,22,25)(H,23,26). The van der Waals surface area contributed by atoms with E-state index in [-0.39, 0.29) is 17.9 Å². The number of rotatable bonds is 4. The number of nitrogens with one attached hydrogen (secondary N) is 2. The number of fused-ring (bicyclic) bond motifs is 1. The molecule has 0 radical (unpaired) electrons. The molecule has 1 aliphatic heterocycles. The summed E-state index contributed by atoms with van der Waals surface area (Å²) in [6, 6.07) is 16.6. The molecule has 2 N–H and O–H groups in total. The Balaban J connectivity index is 1.51. The second kappa shape index (κ2) is 6.67. The maximum atomic E-state index is 11.4. The SMILES string of the molecule is CC(=O)Nc1ccc2c(ccn2Cc2ccc(C3CCC(=O)N3)cc2)c1. The minimum absolute atomic E-state index is 0.0673. The van der Waals surface area contributed by atoms with E-state index in [2.05, 4.69) is 51.7 Å². The predicted octanol–water partition coefficient (Wildman–Crippen LogP) is 3.60. The van der Waals surface area contributed by atoms with Crippen molar-refractivity contribution in [3.8, 4) is 0 Å². The molecule has 0 saturated carbocycles. The van der Waals surface area contributed by atoms with Crippen LogP contribution in [-0.4, -0.2) is 16.4 Å². The van der Waals surface area contributed by atoms with Crippen molar-refractivity contribution in [2.24, 2.45) is 0 Å². The van der Waals surface area contributed by atoms with Crippen molar-refractivity contribution in [3.05, 3.63) is 65.9 Å². The molecule has 3 aromatic rings. The average Bonchev–Trinajstić information content (AvgIpc) is 3.21. The Morgan fingerprint density at radius 3 is 2.69 bits per heavy atom. The summed E-state index contributed by atoms with van der Waals surface area (Å²) in [5.41, 5.74) is 4.32. The van der Waals surface area contributed by atoms with Gasteiger partial charge in [-0.2, -0.15) is 0 Å². The molecule has 0 aliphatic carbocycles. The third-order valence-electron chi connectivity index (χ3n) is 4.82. The van der Waals surface area contributed by atoms with E-state index < -0.39 is 0 Å². The van der Waals surface area contributed by atoms with Crippen LogP contribution in [0.4, 0.5) is 5.69 Å². The molecule has 1 saturated heterocycles. The number of nitrogens with zero attached hydrogens (tertiary/aromatic N) is 1. The molecule has 0 spiro atoms. The molecule has 1 aromatic heterocycles. The first kappa shape index (κ1) is 16.4. The van der Waals surface area contributed by atoms with Gasteiger partial charge in [0, 0.05) is 42.7 Å². The van der Waals surface area contributed by atoms with Crippen LogP contribution in [0.3, 0.4) is 0 Å². The van der Waals surface area contributed by atoms with Crippen LogP contribution in [0.25, 0.3) is 10.9 Å². The predicted molar refractivity (Wildman–Crippen MR) is 102 cm³/mol. The molecule has 0 bridgehead atoms. The summed E-state index contributed by atoms with van der Waals surface area (Å²) >= 11 is 0. The second-order valence-corrected chi connectivity index (χ2v) is 6.80. The second-order valence-electron chi connectivity index (χ2n) is 6.80. The van der Waals surface area contributed by atoms with Crippen molar-refractivity contribution in [1.82, 2.24) is 9.88 Å². The highest BCUT2D eigenvalue weighted by molar-refractivity contribution is 5.92. The van der Waals surface area contributed by atoms with Gasteiger partial charge in [-0.05, 0) is 41.8 Å². The van der Waals surface area contributed by atoms with Gasteiger partial charge < -0.3 is 15.2 Å². The smallest absolute Gasteiger partial charge is 0.221 e. The van der Waals surface area contributed by atoms with Crippen molar-refractivity contribution in [2.75, 3.05) is 5.32 Å². The zero-order valence-corrected chi connectivity index (χ0v) is 14.7. The molecule has 2 amide bonds. The van der Waals surface area contributed by atoms with E-state index in [4.69, 9.17) is 0 Å². The van der Waals surface area contributed by atoms with E-state index in [1.54, 1.807) is 0 Å². The number of amides is 2. The summed E-state index contributed by atoms with van der Waals surface area (Å²) in [6.45, 7) is 2.29. The number of hydrogen-bond donors (Lipinski definition) is 2. The molecule has 2 heterocycles. The molecule has 1 atom stereocenters. The summed E-state index contributed by atoms with van der Waals surface area (Å²) in [5, 5.41) is 6.92. The zero-order chi connectivity index (χ0) is 18.1. The van der Waals surface area contributed by atoms with E-state index in [9.17, 15) is 9.59 Å². The lowest BCUT2D eigenvalue weighted by Gasteiger charge is -2.12. The van der Waals surface area contributed by atoms with Gasteiger partial charge in [0.15, 0.2) is 0 Å². The first-order valence-electron chi connectivity index (χ1n) is 8.83. The molecular weight excluding hydrogens is 326 g/mol. The van der Waals surface area contributed by atoms with Gasteiger partial charge >= 0.3 is 0 Å². The summed E-state index contributed by atoms with van der Waals surface area (Å²) in [6.07, 6.45) is 3.55. The van der Waals surface area contributed by atoms with Crippen molar-refractivity contribution in [2.45, 2.75) is 32.4 Å². The molecule has 4 rings (SSSR count). The number of carbonyl (C=O) groups is 2. The van der Waals surface area contributed by atoms with Crippen molar-refractivity contribution < 1.29 is 9.59 Å². The molecular formula is C21H21N3O2. The molecule has 1 fully saturated rings. The zero-order valence-electron chi connectivity index (χ0n) is 14.7. The number of anilines is 1. The van der Waals surface area contributed by atoms with E-state index in [1.807, 2.05) is 18.2 Å². The van der Waals surface area contributed by atoms with Gasteiger partial charge in [0.2, 0.25) is 11.8 Å². The highest BCUT2D eigenvalue weighted by Crippen LogP contribution is 2.25. The highest BCUT2D eigenvalue weighted by Gasteiger charge is 2.21. The Hall–Kier alpha value is -3.08. The number of benzene rings is 2. The third kappa shape index (κ3) is 3.33. The van der Waals surface area contributed by atoms with Gasteiger partial charge in [-0.15, -0.1) is 0 Å². The average molecular weight is 347 g/mol. The van der Waals surface area contributed by atoms with Crippen LogP contribution in [0.15, 0.2) is 54.7 Å². The minimum Gasteiger partial charge on any atom is -0.349 e. The molecule has 2 aromatic carbocycles. The Morgan fingerprint density at radius 2 is 2.00 bits per heavy atom. The third-order valence-corrected chi connectivity index (χ3v) is 4.82. The first-order valence-corrected chi connectivity index (χ1v) is 8.83. The molecule has 1 aliphatic rings. The lowest BCUT2D eigenvalue weighted by Crippen LogP contribution is -2.18. The van der Waals surface area contributed by atoms with E-state index in [1.165, 1.54) is 12.5 Å². The van der Waals surface area contributed by atoms with Crippen LogP contribution in [0.5, 0.6) is 0 Å². The van der Waals surface area contributed by atoms with Crippen molar-refractivity contribution in [1.29, 1.82) is 0 Å². The number of hydrogen-bond acceptors (Lipinski definition) is 2. The summed E-state index contributed by atoms with van der Waals surface area (Å²) in [4.78, 5) is 22.6. The fraction of sp³-hybridized carbons (Fsp3) is 0.238. The van der Waals surface area contributed by atoms with Gasteiger partial charge in [-0.3, -0.25) is 9.59 Å². The number of carbonyl (C=O) groups excluding carboxylic acids is 2. The maximum absolute atomic E-state index is 11.4. The minimum atomic E-state index is -0.0673. The topological polar surface area (TPSA) is 63.1 Å². The molecule has 5 heteroatoms. The Morgan fingerprint density at radius 1 is 1.19 bits per heavy atom.